The van der Waals surface area contributed by atoms with Crippen molar-refractivity contribution in [1.82, 2.24) is 9.62 Å². The molecule has 146 valence electrons. The minimum Gasteiger partial charge on any atom is -0.493 e. The van der Waals surface area contributed by atoms with Crippen molar-refractivity contribution in [3.05, 3.63) is 27.8 Å². The number of methoxy groups -OCH3 is 1. The first-order valence-corrected chi connectivity index (χ1v) is 9.65. The van der Waals surface area contributed by atoms with Gasteiger partial charge in [-0.2, -0.15) is 0 Å². The molecule has 0 aliphatic heterocycles. The van der Waals surface area contributed by atoms with E-state index in [1.807, 2.05) is 0 Å². The second-order valence-corrected chi connectivity index (χ2v) is 7.49. The Hall–Kier alpha value is -2.40. The predicted molar refractivity (Wildman–Crippen MR) is 95.2 cm³/mol. The summed E-state index contributed by atoms with van der Waals surface area (Å²) in [6, 6.07) is 2.40. The van der Waals surface area contributed by atoms with E-state index in [0.29, 0.717) is 13.0 Å². The van der Waals surface area contributed by atoms with Crippen molar-refractivity contribution in [2.45, 2.75) is 13.3 Å². The summed E-state index contributed by atoms with van der Waals surface area (Å²) in [4.78, 5) is 22.9. The van der Waals surface area contributed by atoms with E-state index in [2.05, 4.69) is 5.32 Å². The lowest BCUT2D eigenvalue weighted by Gasteiger charge is -2.14. The van der Waals surface area contributed by atoms with Gasteiger partial charge in [-0.15, -0.1) is 0 Å². The molecule has 0 aliphatic rings. The van der Waals surface area contributed by atoms with E-state index >= 15 is 0 Å². The molecule has 0 atom stereocenters. The Bertz CT molecular complexity index is 765. The largest absolute Gasteiger partial charge is 0.493 e. The Balaban J connectivity index is 2.90. The molecule has 0 bridgehead atoms. The molecule has 0 saturated carbocycles. The van der Waals surface area contributed by atoms with Gasteiger partial charge in [0.1, 0.15) is 5.56 Å². The van der Waals surface area contributed by atoms with Crippen LogP contribution in [0.25, 0.3) is 0 Å². The van der Waals surface area contributed by atoms with Crippen LogP contribution >= 0.6 is 0 Å². The van der Waals surface area contributed by atoms with E-state index in [1.54, 1.807) is 6.92 Å². The van der Waals surface area contributed by atoms with Crippen LogP contribution in [0.5, 0.6) is 11.5 Å². The van der Waals surface area contributed by atoms with Gasteiger partial charge in [-0.05, 0) is 13.3 Å². The highest BCUT2D eigenvalue weighted by Crippen LogP contribution is 2.34. The SMILES string of the molecule is CCOc1cc(C(=O)NCCCN(C)S(C)(=O)=O)c([N+](=O)[O-])cc1OC. The molecule has 0 fully saturated rings. The monoisotopic (exact) mass is 389 g/mol. The van der Waals surface area contributed by atoms with Gasteiger partial charge in [-0.1, -0.05) is 0 Å². The molecule has 10 nitrogen and oxygen atoms in total. The first kappa shape index (κ1) is 21.6. The van der Waals surface area contributed by atoms with Gasteiger partial charge in [0.15, 0.2) is 11.5 Å². The average molecular weight is 389 g/mol. The lowest BCUT2D eigenvalue weighted by molar-refractivity contribution is -0.385. The third-order valence-electron chi connectivity index (χ3n) is 3.52. The zero-order valence-corrected chi connectivity index (χ0v) is 16.0. The number of rotatable bonds is 10. The molecule has 11 heteroatoms. The van der Waals surface area contributed by atoms with Gasteiger partial charge < -0.3 is 14.8 Å². The maximum Gasteiger partial charge on any atom is 0.286 e. The van der Waals surface area contributed by atoms with Gasteiger partial charge in [0, 0.05) is 26.2 Å². The number of amides is 1. The van der Waals surface area contributed by atoms with Gasteiger partial charge in [0.2, 0.25) is 10.0 Å². The van der Waals surface area contributed by atoms with Crippen molar-refractivity contribution in [1.29, 1.82) is 0 Å². The summed E-state index contributed by atoms with van der Waals surface area (Å²) in [6.07, 6.45) is 1.44. The normalized spacial score (nSPS) is 11.3. The van der Waals surface area contributed by atoms with Crippen molar-refractivity contribution in [2.75, 3.05) is 40.1 Å². The minimum atomic E-state index is -3.29. The lowest BCUT2D eigenvalue weighted by Crippen LogP contribution is -2.31. The van der Waals surface area contributed by atoms with Crippen LogP contribution in [0.3, 0.4) is 0 Å². The molecule has 1 aromatic carbocycles. The van der Waals surface area contributed by atoms with Gasteiger partial charge in [-0.3, -0.25) is 14.9 Å². The summed E-state index contributed by atoms with van der Waals surface area (Å²) in [5.74, 6) is -0.269. The summed E-state index contributed by atoms with van der Waals surface area (Å²) < 4.78 is 34.2. The molecule has 0 radical (unpaired) electrons. The van der Waals surface area contributed by atoms with Crippen molar-refractivity contribution in [3.63, 3.8) is 0 Å². The number of nitro benzene ring substituents is 1. The Morgan fingerprint density at radius 2 is 2.00 bits per heavy atom. The topological polar surface area (TPSA) is 128 Å². The highest BCUT2D eigenvalue weighted by Gasteiger charge is 2.24. The van der Waals surface area contributed by atoms with E-state index in [4.69, 9.17) is 9.47 Å². The molecule has 26 heavy (non-hydrogen) atoms. The zero-order valence-electron chi connectivity index (χ0n) is 15.1. The molecule has 0 spiro atoms. The molecule has 1 rings (SSSR count). The number of sulfonamides is 1. The number of ether oxygens (including phenoxy) is 2. The van der Waals surface area contributed by atoms with E-state index < -0.39 is 26.5 Å². The van der Waals surface area contributed by atoms with Gasteiger partial charge >= 0.3 is 0 Å². The highest BCUT2D eigenvalue weighted by molar-refractivity contribution is 7.88. The van der Waals surface area contributed by atoms with Crippen LogP contribution in [0.15, 0.2) is 12.1 Å². The number of carbonyl (C=O) groups is 1. The highest BCUT2D eigenvalue weighted by atomic mass is 32.2. The maximum absolute atomic E-state index is 12.3. The van der Waals surface area contributed by atoms with E-state index in [1.165, 1.54) is 20.2 Å². The second-order valence-electron chi connectivity index (χ2n) is 5.40. The van der Waals surface area contributed by atoms with Gasteiger partial charge in [-0.25, -0.2) is 12.7 Å². The van der Waals surface area contributed by atoms with Gasteiger partial charge in [0.25, 0.3) is 11.6 Å². The summed E-state index contributed by atoms with van der Waals surface area (Å²) in [5, 5.41) is 13.8. The number of nitrogens with zero attached hydrogens (tertiary/aromatic N) is 2. The summed E-state index contributed by atoms with van der Waals surface area (Å²) in [7, 11) is -0.515. The zero-order chi connectivity index (χ0) is 19.9. The summed E-state index contributed by atoms with van der Waals surface area (Å²) in [6.45, 7) is 2.41. The molecular formula is C15H23N3O7S. The quantitative estimate of drug-likeness (QED) is 0.359. The fourth-order valence-electron chi connectivity index (χ4n) is 2.07. The minimum absolute atomic E-state index is 0.157. The second kappa shape index (κ2) is 9.34. The first-order chi connectivity index (χ1) is 12.1. The van der Waals surface area contributed by atoms with Crippen LogP contribution in [-0.2, 0) is 10.0 Å². The Labute approximate surface area is 152 Å². The van der Waals surface area contributed by atoms with Crippen LogP contribution < -0.4 is 14.8 Å². The van der Waals surface area contributed by atoms with Crippen LogP contribution in [0.2, 0.25) is 0 Å². The third kappa shape index (κ3) is 5.85. The molecule has 1 N–H and O–H groups in total. The van der Waals surface area contributed by atoms with Crippen LogP contribution in [-0.4, -0.2) is 63.7 Å². The number of nitro groups is 1. The van der Waals surface area contributed by atoms with Crippen molar-refractivity contribution in [3.8, 4) is 11.5 Å². The number of nitrogens with one attached hydrogen (secondary N) is 1. The number of carbonyl (C=O) groups excluding carboxylic acids is 1. The Morgan fingerprint density at radius 3 is 2.50 bits per heavy atom. The molecule has 1 amide bonds. The lowest BCUT2D eigenvalue weighted by atomic mass is 10.1. The number of benzene rings is 1. The predicted octanol–water partition coefficient (Wildman–Crippen LogP) is 1.01. The third-order valence-corrected chi connectivity index (χ3v) is 4.84. The Morgan fingerprint density at radius 1 is 1.35 bits per heavy atom. The number of hydrogen-bond donors (Lipinski definition) is 1. The smallest absolute Gasteiger partial charge is 0.286 e. The standard InChI is InChI=1S/C15H23N3O7S/c1-5-25-14-9-11(12(18(20)21)10-13(14)24-3)15(19)16-7-6-8-17(2)26(4,22)23/h9-10H,5-8H2,1-4H3,(H,16,19). The summed E-state index contributed by atoms with van der Waals surface area (Å²) in [5.41, 5.74) is -0.563. The fraction of sp³-hybridized carbons (Fsp3) is 0.533. The molecule has 0 aliphatic carbocycles. The van der Waals surface area contributed by atoms with Crippen LogP contribution in [0, 0.1) is 10.1 Å². The van der Waals surface area contributed by atoms with Gasteiger partial charge in [0.05, 0.1) is 31.0 Å². The first-order valence-electron chi connectivity index (χ1n) is 7.80. The molecule has 0 saturated heterocycles. The van der Waals surface area contributed by atoms with Crippen molar-refractivity contribution >= 4 is 21.6 Å². The molecule has 1 aromatic rings. The fourth-order valence-corrected chi connectivity index (χ4v) is 2.54. The molecule has 0 unspecified atom stereocenters. The Kier molecular flexibility index (Phi) is 7.77. The van der Waals surface area contributed by atoms with E-state index in [-0.39, 0.29) is 30.2 Å². The van der Waals surface area contributed by atoms with E-state index in [0.717, 1.165) is 16.6 Å². The molecule has 0 heterocycles. The van der Waals surface area contributed by atoms with Crippen LogP contribution in [0.4, 0.5) is 5.69 Å². The maximum atomic E-state index is 12.3. The number of hydrogen-bond acceptors (Lipinski definition) is 7. The van der Waals surface area contributed by atoms with Crippen molar-refractivity contribution in [2.24, 2.45) is 0 Å². The van der Waals surface area contributed by atoms with Crippen LogP contribution in [0.1, 0.15) is 23.7 Å². The summed E-state index contributed by atoms with van der Waals surface area (Å²) >= 11 is 0. The van der Waals surface area contributed by atoms with Crippen molar-refractivity contribution < 1.29 is 27.6 Å². The molecular weight excluding hydrogens is 366 g/mol. The van der Waals surface area contributed by atoms with E-state index in [9.17, 15) is 23.3 Å². The molecule has 0 aromatic heterocycles. The average Bonchev–Trinajstić information content (AvgIpc) is 2.57.